The third kappa shape index (κ3) is 3.66. The van der Waals surface area contributed by atoms with E-state index in [0.29, 0.717) is 0 Å². The predicted octanol–water partition coefficient (Wildman–Crippen LogP) is 9.14. The fraction of sp³-hybridized carbons (Fsp3) is 0.0556. The maximum absolute atomic E-state index is 6.22. The molecule has 0 unspecified atom stereocenters. The Kier molecular flexibility index (Phi) is 4.95. The van der Waals surface area contributed by atoms with Crippen molar-refractivity contribution < 1.29 is 4.42 Å². The van der Waals surface area contributed by atoms with Crippen LogP contribution in [0.25, 0.3) is 67.0 Å². The normalized spacial score (nSPS) is 12.4. The SMILES string of the molecule is c1ccc(-c2cc(-c3ccccc3)nc(-c3ccc4c(c3)CCc3ccc5oc6ccccc6c5c3-4)n2)cc1. The van der Waals surface area contributed by atoms with Gasteiger partial charge in [-0.25, -0.2) is 9.97 Å². The van der Waals surface area contributed by atoms with Gasteiger partial charge in [0.1, 0.15) is 11.2 Å². The first kappa shape index (κ1) is 22.0. The number of aromatic nitrogens is 2. The first-order valence-corrected chi connectivity index (χ1v) is 13.4. The molecule has 0 saturated heterocycles. The molecule has 184 valence electrons. The summed E-state index contributed by atoms with van der Waals surface area (Å²) in [6.07, 6.45) is 1.99. The van der Waals surface area contributed by atoms with Crippen molar-refractivity contribution in [2.24, 2.45) is 0 Å². The number of nitrogens with zero attached hydrogens (tertiary/aromatic N) is 2. The van der Waals surface area contributed by atoms with Crippen molar-refractivity contribution in [1.29, 1.82) is 0 Å². The number of furan rings is 1. The first-order chi connectivity index (χ1) is 19.3. The van der Waals surface area contributed by atoms with Gasteiger partial charge in [0, 0.05) is 27.5 Å². The Morgan fingerprint density at radius 3 is 1.92 bits per heavy atom. The van der Waals surface area contributed by atoms with Gasteiger partial charge in [-0.15, -0.1) is 0 Å². The topological polar surface area (TPSA) is 38.9 Å². The first-order valence-electron chi connectivity index (χ1n) is 13.4. The Balaban J connectivity index is 1.31. The third-order valence-corrected chi connectivity index (χ3v) is 7.79. The van der Waals surface area contributed by atoms with Crippen LogP contribution in [0.15, 0.2) is 126 Å². The number of hydrogen-bond donors (Lipinski definition) is 0. The monoisotopic (exact) mass is 500 g/mol. The molecule has 3 heteroatoms. The van der Waals surface area contributed by atoms with Crippen molar-refractivity contribution in [3.05, 3.63) is 132 Å². The maximum Gasteiger partial charge on any atom is 0.160 e. The molecule has 2 aromatic heterocycles. The zero-order chi connectivity index (χ0) is 25.8. The van der Waals surface area contributed by atoms with Gasteiger partial charge in [0.15, 0.2) is 5.82 Å². The van der Waals surface area contributed by atoms with Crippen LogP contribution in [-0.2, 0) is 12.8 Å². The molecule has 1 aliphatic carbocycles. The van der Waals surface area contributed by atoms with Crippen LogP contribution in [0.2, 0.25) is 0 Å². The molecule has 0 N–H and O–H groups in total. The lowest BCUT2D eigenvalue weighted by Crippen LogP contribution is -2.05. The molecule has 7 aromatic rings. The summed E-state index contributed by atoms with van der Waals surface area (Å²) < 4.78 is 6.22. The molecule has 5 aromatic carbocycles. The lowest BCUT2D eigenvalue weighted by atomic mass is 9.82. The van der Waals surface area contributed by atoms with Crippen LogP contribution in [0, 0.1) is 0 Å². The van der Waals surface area contributed by atoms with Crippen molar-refractivity contribution in [3.63, 3.8) is 0 Å². The van der Waals surface area contributed by atoms with Crippen LogP contribution >= 0.6 is 0 Å². The van der Waals surface area contributed by atoms with Crippen molar-refractivity contribution in [2.45, 2.75) is 12.8 Å². The summed E-state index contributed by atoms with van der Waals surface area (Å²) in [5.41, 5.74) is 12.2. The molecule has 0 amide bonds. The van der Waals surface area contributed by atoms with Crippen molar-refractivity contribution in [3.8, 4) is 45.0 Å². The zero-order valence-electron chi connectivity index (χ0n) is 21.3. The lowest BCUT2D eigenvalue weighted by Gasteiger charge is -2.21. The Morgan fingerprint density at radius 1 is 0.513 bits per heavy atom. The molecule has 1 aliphatic rings. The van der Waals surface area contributed by atoms with E-state index >= 15 is 0 Å². The summed E-state index contributed by atoms with van der Waals surface area (Å²) >= 11 is 0. The number of fused-ring (bicyclic) bond motifs is 7. The molecule has 3 nitrogen and oxygen atoms in total. The largest absolute Gasteiger partial charge is 0.456 e. The van der Waals surface area contributed by atoms with E-state index in [1.807, 2.05) is 18.2 Å². The van der Waals surface area contributed by atoms with Gasteiger partial charge in [-0.05, 0) is 59.4 Å². The van der Waals surface area contributed by atoms with Crippen LogP contribution < -0.4 is 0 Å². The second-order valence-corrected chi connectivity index (χ2v) is 10.1. The van der Waals surface area contributed by atoms with E-state index in [-0.39, 0.29) is 0 Å². The number of rotatable bonds is 3. The summed E-state index contributed by atoms with van der Waals surface area (Å²) in [6.45, 7) is 0. The van der Waals surface area contributed by atoms with Crippen LogP contribution in [0.3, 0.4) is 0 Å². The fourth-order valence-corrected chi connectivity index (χ4v) is 5.92. The highest BCUT2D eigenvalue weighted by Crippen LogP contribution is 2.43. The zero-order valence-corrected chi connectivity index (χ0v) is 21.3. The van der Waals surface area contributed by atoms with E-state index in [0.717, 1.165) is 57.9 Å². The highest BCUT2D eigenvalue weighted by molar-refractivity contribution is 6.13. The Hall–Kier alpha value is -5.02. The summed E-state index contributed by atoms with van der Waals surface area (Å²) in [4.78, 5) is 10.1. The second kappa shape index (κ2) is 8.78. The molecule has 8 rings (SSSR count). The minimum absolute atomic E-state index is 0.746. The summed E-state index contributed by atoms with van der Waals surface area (Å²) in [7, 11) is 0. The minimum Gasteiger partial charge on any atom is -0.456 e. The molecular weight excluding hydrogens is 476 g/mol. The fourth-order valence-electron chi connectivity index (χ4n) is 5.92. The Morgan fingerprint density at radius 2 is 1.18 bits per heavy atom. The smallest absolute Gasteiger partial charge is 0.160 e. The summed E-state index contributed by atoms with van der Waals surface area (Å²) in [5, 5.41) is 2.39. The van der Waals surface area contributed by atoms with Gasteiger partial charge in [-0.3, -0.25) is 0 Å². The molecule has 39 heavy (non-hydrogen) atoms. The quantitative estimate of drug-likeness (QED) is 0.243. The predicted molar refractivity (Wildman–Crippen MR) is 158 cm³/mol. The van der Waals surface area contributed by atoms with E-state index in [1.165, 1.54) is 33.0 Å². The molecule has 2 heterocycles. The second-order valence-electron chi connectivity index (χ2n) is 10.1. The average molecular weight is 501 g/mol. The van der Waals surface area contributed by atoms with Crippen molar-refractivity contribution >= 4 is 21.9 Å². The van der Waals surface area contributed by atoms with E-state index in [2.05, 4.69) is 103 Å². The molecule has 0 radical (unpaired) electrons. The minimum atomic E-state index is 0.746. The Labute approximate surface area is 226 Å². The Bertz CT molecular complexity index is 1950. The highest BCUT2D eigenvalue weighted by atomic mass is 16.3. The number of benzene rings is 5. The summed E-state index contributed by atoms with van der Waals surface area (Å²) in [5.74, 6) is 0.746. The number of hydrogen-bond acceptors (Lipinski definition) is 3. The van der Waals surface area contributed by atoms with Crippen LogP contribution in [0.4, 0.5) is 0 Å². The van der Waals surface area contributed by atoms with E-state index in [9.17, 15) is 0 Å². The van der Waals surface area contributed by atoms with Gasteiger partial charge in [0.05, 0.1) is 11.4 Å². The standard InChI is InChI=1S/C36H24N2O/c1-3-9-23(10-4-1)30-22-31(24-11-5-2-6-12-24)38-36(37-30)27-17-19-28-26(21-27)16-15-25-18-20-33-35(34(25)28)29-13-7-8-14-32(29)39-33/h1-14,17-22H,15-16H2. The van der Waals surface area contributed by atoms with Gasteiger partial charge in [0.2, 0.25) is 0 Å². The van der Waals surface area contributed by atoms with Gasteiger partial charge >= 0.3 is 0 Å². The molecular formula is C36H24N2O. The van der Waals surface area contributed by atoms with Gasteiger partial charge in [-0.1, -0.05) is 97.1 Å². The van der Waals surface area contributed by atoms with Crippen LogP contribution in [0.1, 0.15) is 11.1 Å². The third-order valence-electron chi connectivity index (χ3n) is 7.79. The van der Waals surface area contributed by atoms with Crippen molar-refractivity contribution in [1.82, 2.24) is 9.97 Å². The molecule has 0 fully saturated rings. The summed E-state index contributed by atoms with van der Waals surface area (Å²) in [6, 6.07) is 42.2. The molecule has 0 spiro atoms. The molecule has 0 atom stereocenters. The van der Waals surface area contributed by atoms with E-state index in [4.69, 9.17) is 14.4 Å². The number of para-hydroxylation sites is 1. The van der Waals surface area contributed by atoms with Crippen LogP contribution in [0.5, 0.6) is 0 Å². The van der Waals surface area contributed by atoms with Gasteiger partial charge in [0.25, 0.3) is 0 Å². The highest BCUT2D eigenvalue weighted by Gasteiger charge is 2.23. The lowest BCUT2D eigenvalue weighted by molar-refractivity contribution is 0.668. The van der Waals surface area contributed by atoms with E-state index < -0.39 is 0 Å². The average Bonchev–Trinajstić information content (AvgIpc) is 3.40. The molecule has 0 aliphatic heterocycles. The van der Waals surface area contributed by atoms with Crippen molar-refractivity contribution in [2.75, 3.05) is 0 Å². The maximum atomic E-state index is 6.22. The van der Waals surface area contributed by atoms with E-state index in [1.54, 1.807) is 0 Å². The van der Waals surface area contributed by atoms with Gasteiger partial charge < -0.3 is 4.42 Å². The van der Waals surface area contributed by atoms with Crippen LogP contribution in [-0.4, -0.2) is 9.97 Å². The molecule has 0 bridgehead atoms. The molecule has 0 saturated carbocycles. The van der Waals surface area contributed by atoms with Gasteiger partial charge in [-0.2, -0.15) is 0 Å². The number of aryl methyl sites for hydroxylation is 2.